The van der Waals surface area contributed by atoms with Crippen LogP contribution in [0.4, 0.5) is 0 Å². The van der Waals surface area contributed by atoms with Crippen molar-refractivity contribution in [2.24, 2.45) is 5.92 Å². The molecule has 1 fully saturated rings. The Labute approximate surface area is 104 Å². The largest absolute Gasteiger partial charge is 0.374 e. The van der Waals surface area contributed by atoms with E-state index in [4.69, 9.17) is 16.3 Å². The topological polar surface area (TPSA) is 24.5 Å². The summed E-state index contributed by atoms with van der Waals surface area (Å²) in [7, 11) is 2.15. The zero-order chi connectivity index (χ0) is 12.0. The first-order valence-corrected chi connectivity index (χ1v) is 6.76. The molecule has 2 atom stereocenters. The van der Waals surface area contributed by atoms with Crippen molar-refractivity contribution >= 4 is 11.6 Å². The van der Waals surface area contributed by atoms with Crippen molar-refractivity contribution < 1.29 is 4.74 Å². The summed E-state index contributed by atoms with van der Waals surface area (Å²) in [5.74, 6) is 1.35. The maximum absolute atomic E-state index is 5.81. The third-order valence-corrected chi connectivity index (χ3v) is 3.39. The highest BCUT2D eigenvalue weighted by Crippen LogP contribution is 2.08. The van der Waals surface area contributed by atoms with Crippen LogP contribution in [0.15, 0.2) is 0 Å². The Bertz CT molecular complexity index is 190. The van der Waals surface area contributed by atoms with E-state index in [1.807, 2.05) is 0 Å². The number of nitrogens with zero attached hydrogens (tertiary/aromatic N) is 1. The van der Waals surface area contributed by atoms with E-state index in [9.17, 15) is 0 Å². The summed E-state index contributed by atoms with van der Waals surface area (Å²) in [6.07, 6.45) is 1.36. The van der Waals surface area contributed by atoms with Crippen LogP contribution in [0.5, 0.6) is 0 Å². The predicted octanol–water partition coefficient (Wildman–Crippen LogP) is 1.56. The van der Waals surface area contributed by atoms with E-state index in [1.165, 1.54) is 0 Å². The Morgan fingerprint density at radius 3 is 2.81 bits per heavy atom. The first-order valence-electron chi connectivity index (χ1n) is 6.23. The predicted molar refractivity (Wildman–Crippen MR) is 69.2 cm³/mol. The van der Waals surface area contributed by atoms with Crippen molar-refractivity contribution in [3.8, 4) is 0 Å². The van der Waals surface area contributed by atoms with Gasteiger partial charge in [0.25, 0.3) is 0 Å². The number of hydrogen-bond donors (Lipinski definition) is 1. The lowest BCUT2D eigenvalue weighted by molar-refractivity contribution is -0.0199. The van der Waals surface area contributed by atoms with Crippen LogP contribution in [-0.2, 0) is 4.74 Å². The molecule has 0 amide bonds. The molecule has 1 aliphatic heterocycles. The van der Waals surface area contributed by atoms with Gasteiger partial charge in [0.05, 0.1) is 12.7 Å². The SMILES string of the molecule is CC(C)C(CCCl)NCC1CN(C)CCO1. The molecule has 0 aromatic rings. The summed E-state index contributed by atoms with van der Waals surface area (Å²) in [5.41, 5.74) is 0. The summed E-state index contributed by atoms with van der Waals surface area (Å²) < 4.78 is 5.72. The highest BCUT2D eigenvalue weighted by molar-refractivity contribution is 6.17. The lowest BCUT2D eigenvalue weighted by atomic mass is 10.0. The molecular weight excluding hydrogens is 224 g/mol. The Morgan fingerprint density at radius 2 is 2.25 bits per heavy atom. The first kappa shape index (κ1) is 14.2. The van der Waals surface area contributed by atoms with Gasteiger partial charge in [-0.3, -0.25) is 0 Å². The molecule has 1 N–H and O–H groups in total. The second kappa shape index (κ2) is 7.49. The number of hydrogen-bond acceptors (Lipinski definition) is 3. The first-order chi connectivity index (χ1) is 7.63. The number of alkyl halides is 1. The van der Waals surface area contributed by atoms with Crippen molar-refractivity contribution in [2.45, 2.75) is 32.4 Å². The molecule has 16 heavy (non-hydrogen) atoms. The zero-order valence-corrected chi connectivity index (χ0v) is 11.5. The van der Waals surface area contributed by atoms with Gasteiger partial charge < -0.3 is 15.0 Å². The van der Waals surface area contributed by atoms with Crippen LogP contribution in [0, 0.1) is 5.92 Å². The Morgan fingerprint density at radius 1 is 1.50 bits per heavy atom. The second-order valence-electron chi connectivity index (χ2n) is 4.99. The highest BCUT2D eigenvalue weighted by Gasteiger charge is 2.19. The Balaban J connectivity index is 2.25. The van der Waals surface area contributed by atoms with E-state index in [2.05, 4.69) is 31.1 Å². The van der Waals surface area contributed by atoms with Crippen molar-refractivity contribution in [3.05, 3.63) is 0 Å². The highest BCUT2D eigenvalue weighted by atomic mass is 35.5. The fourth-order valence-corrected chi connectivity index (χ4v) is 2.30. The molecule has 0 spiro atoms. The minimum absolute atomic E-state index is 0.329. The monoisotopic (exact) mass is 248 g/mol. The smallest absolute Gasteiger partial charge is 0.0826 e. The number of nitrogens with one attached hydrogen (secondary N) is 1. The molecular formula is C12H25ClN2O. The third kappa shape index (κ3) is 5.00. The molecule has 1 heterocycles. The molecule has 0 aromatic carbocycles. The van der Waals surface area contributed by atoms with Gasteiger partial charge in [-0.25, -0.2) is 0 Å². The Hall–Kier alpha value is 0.170. The minimum Gasteiger partial charge on any atom is -0.374 e. The van der Waals surface area contributed by atoms with Gasteiger partial charge in [0.1, 0.15) is 0 Å². The second-order valence-corrected chi connectivity index (χ2v) is 5.37. The zero-order valence-electron chi connectivity index (χ0n) is 10.7. The Kier molecular flexibility index (Phi) is 6.66. The van der Waals surface area contributed by atoms with Gasteiger partial charge in [-0.2, -0.15) is 0 Å². The lowest BCUT2D eigenvalue weighted by Gasteiger charge is -2.32. The van der Waals surface area contributed by atoms with Gasteiger partial charge in [-0.1, -0.05) is 13.8 Å². The summed E-state index contributed by atoms with van der Waals surface area (Å²) >= 11 is 5.81. The fraction of sp³-hybridized carbons (Fsp3) is 1.00. The van der Waals surface area contributed by atoms with Crippen molar-refractivity contribution in [2.75, 3.05) is 39.2 Å². The van der Waals surface area contributed by atoms with E-state index >= 15 is 0 Å². The van der Waals surface area contributed by atoms with E-state index in [1.54, 1.807) is 0 Å². The van der Waals surface area contributed by atoms with Gasteiger partial charge in [0.2, 0.25) is 0 Å². The average Bonchev–Trinajstić information content (AvgIpc) is 2.24. The van der Waals surface area contributed by atoms with E-state index in [0.717, 1.165) is 38.5 Å². The van der Waals surface area contributed by atoms with Crippen LogP contribution in [0.2, 0.25) is 0 Å². The van der Waals surface area contributed by atoms with Gasteiger partial charge in [0.15, 0.2) is 0 Å². The number of likely N-dealkylation sites (N-methyl/N-ethyl adjacent to an activating group) is 1. The molecule has 1 rings (SSSR count). The molecule has 0 bridgehead atoms. The van der Waals surface area contributed by atoms with Crippen LogP contribution in [0.3, 0.4) is 0 Å². The normalized spacial score (nSPS) is 24.9. The molecule has 2 unspecified atom stereocenters. The van der Waals surface area contributed by atoms with Crippen molar-refractivity contribution in [3.63, 3.8) is 0 Å². The maximum Gasteiger partial charge on any atom is 0.0826 e. The average molecular weight is 249 g/mol. The van der Waals surface area contributed by atoms with E-state index in [-0.39, 0.29) is 0 Å². The molecule has 1 saturated heterocycles. The lowest BCUT2D eigenvalue weighted by Crippen LogP contribution is -2.47. The molecule has 1 aliphatic rings. The molecule has 0 saturated carbocycles. The molecule has 0 aliphatic carbocycles. The molecule has 96 valence electrons. The van der Waals surface area contributed by atoms with Crippen LogP contribution >= 0.6 is 11.6 Å². The van der Waals surface area contributed by atoms with Gasteiger partial charge in [0, 0.05) is 31.6 Å². The fourth-order valence-electron chi connectivity index (χ4n) is 2.06. The standard InChI is InChI=1S/C12H25ClN2O/c1-10(2)12(4-5-13)14-8-11-9-15(3)6-7-16-11/h10-12,14H,4-9H2,1-3H3. The summed E-state index contributed by atoms with van der Waals surface area (Å²) in [6, 6.07) is 0.508. The quantitative estimate of drug-likeness (QED) is 0.722. The molecule has 4 heteroatoms. The van der Waals surface area contributed by atoms with Crippen LogP contribution in [0.25, 0.3) is 0 Å². The van der Waals surface area contributed by atoms with Gasteiger partial charge in [-0.15, -0.1) is 11.6 Å². The minimum atomic E-state index is 0.329. The van der Waals surface area contributed by atoms with Crippen molar-refractivity contribution in [1.29, 1.82) is 0 Å². The number of ether oxygens (including phenoxy) is 1. The molecule has 0 aromatic heterocycles. The third-order valence-electron chi connectivity index (χ3n) is 3.17. The summed E-state index contributed by atoms with van der Waals surface area (Å²) in [5, 5.41) is 3.57. The number of morpholine rings is 1. The van der Waals surface area contributed by atoms with Gasteiger partial charge in [-0.05, 0) is 19.4 Å². The number of rotatable bonds is 6. The molecule has 0 radical (unpaired) electrons. The summed E-state index contributed by atoms with van der Waals surface area (Å²) in [6.45, 7) is 8.33. The van der Waals surface area contributed by atoms with E-state index in [0.29, 0.717) is 18.1 Å². The summed E-state index contributed by atoms with van der Waals surface area (Å²) in [4.78, 5) is 2.32. The van der Waals surface area contributed by atoms with Crippen LogP contribution in [0.1, 0.15) is 20.3 Å². The van der Waals surface area contributed by atoms with Crippen LogP contribution < -0.4 is 5.32 Å². The van der Waals surface area contributed by atoms with Crippen LogP contribution in [-0.4, -0.2) is 56.2 Å². The molecule has 3 nitrogen and oxygen atoms in total. The maximum atomic E-state index is 5.81. The van der Waals surface area contributed by atoms with Gasteiger partial charge >= 0.3 is 0 Å². The van der Waals surface area contributed by atoms with Crippen molar-refractivity contribution in [1.82, 2.24) is 10.2 Å². The number of halogens is 1. The van der Waals surface area contributed by atoms with E-state index < -0.39 is 0 Å².